The molecule has 3 unspecified atom stereocenters. The first-order valence-electron chi connectivity index (χ1n) is 22.2. The van der Waals surface area contributed by atoms with Gasteiger partial charge in [0.2, 0.25) is 0 Å². The summed E-state index contributed by atoms with van der Waals surface area (Å²) in [6.07, 6.45) is 14.6. The number of fused-ring (bicyclic) bond motifs is 2. The largest absolute Gasteiger partial charge is 0.309 e. The van der Waals surface area contributed by atoms with E-state index < -0.39 is 14.3 Å². The van der Waals surface area contributed by atoms with Crippen molar-refractivity contribution < 1.29 is 9.13 Å². The van der Waals surface area contributed by atoms with Crippen LogP contribution in [0, 0.1) is 17.8 Å². The molecule has 2 nitrogen and oxygen atoms in total. The fourth-order valence-electron chi connectivity index (χ4n) is 9.71. The van der Waals surface area contributed by atoms with E-state index in [-0.39, 0.29) is 0 Å². The molecule has 0 heterocycles. The molecule has 1 fully saturated rings. The van der Waals surface area contributed by atoms with Gasteiger partial charge in [-0.2, -0.15) is 0 Å². The third kappa shape index (κ3) is 8.23. The molecule has 3 aliphatic rings. The third-order valence-electron chi connectivity index (χ3n) is 13.2. The van der Waals surface area contributed by atoms with Crippen molar-refractivity contribution in [2.75, 3.05) is 0 Å². The lowest BCUT2D eigenvalue weighted by Crippen LogP contribution is -2.25. The molecule has 0 spiro atoms. The summed E-state index contributed by atoms with van der Waals surface area (Å²) >= 11 is 0. The van der Waals surface area contributed by atoms with Crippen molar-refractivity contribution in [3.8, 4) is 33.4 Å². The van der Waals surface area contributed by atoms with Gasteiger partial charge in [-0.05, 0) is 101 Å². The summed E-state index contributed by atoms with van der Waals surface area (Å²) in [5.41, 5.74) is 7.76. The van der Waals surface area contributed by atoms with E-state index in [1.165, 1.54) is 24.8 Å². The van der Waals surface area contributed by atoms with Gasteiger partial charge in [0, 0.05) is 31.8 Å². The van der Waals surface area contributed by atoms with Gasteiger partial charge in [-0.15, -0.1) is 0 Å². The normalized spacial score (nSPS) is 17.2. The summed E-state index contributed by atoms with van der Waals surface area (Å²) in [7, 11) is -6.24. The standard InChI is InChI=1S/C59H50O2P2/c60-62(54-16-5-1-6-17-54,55-18-7-2-8-19-55)58-36-32-48(33-37-58)52-41-51(47-28-24-44(25-29-47)14-13-15-50-40-45-26-30-46(50)31-27-45)42-53(43-52)49-34-38-59(39-35-49)63(61,56-20-9-3-10-21-56)57-22-11-4-12-23-57/h1-13,15-26,28-30,32-39,41-43,45-46,50H,14,27,31,40H2/b15-13-. The van der Waals surface area contributed by atoms with Crippen molar-refractivity contribution in [1.29, 1.82) is 0 Å². The highest BCUT2D eigenvalue weighted by atomic mass is 31.2. The second kappa shape index (κ2) is 17.8. The Morgan fingerprint density at radius 2 is 0.762 bits per heavy atom. The lowest BCUT2D eigenvalue weighted by atomic mass is 9.69. The van der Waals surface area contributed by atoms with Crippen LogP contribution >= 0.6 is 14.3 Å². The number of allylic oxidation sites excluding steroid dienone is 4. The summed E-state index contributed by atoms with van der Waals surface area (Å²) in [5, 5.41) is 4.87. The summed E-state index contributed by atoms with van der Waals surface area (Å²) in [5.74, 6) is 2.14. The maximum atomic E-state index is 15.2. The topological polar surface area (TPSA) is 34.1 Å². The first-order chi connectivity index (χ1) is 30.9. The smallest absolute Gasteiger partial charge is 0.171 e. The van der Waals surface area contributed by atoms with Crippen LogP contribution in [-0.2, 0) is 15.6 Å². The minimum atomic E-state index is -3.12. The number of benzene rings is 8. The van der Waals surface area contributed by atoms with Crippen LogP contribution in [0.15, 0.2) is 237 Å². The number of hydrogen-bond acceptors (Lipinski definition) is 2. The first kappa shape index (κ1) is 40.8. The quantitative estimate of drug-likeness (QED) is 0.0906. The van der Waals surface area contributed by atoms with Gasteiger partial charge in [0.25, 0.3) is 0 Å². The van der Waals surface area contributed by atoms with E-state index in [1.54, 1.807) is 0 Å². The summed E-state index contributed by atoms with van der Waals surface area (Å²) in [4.78, 5) is 0. The van der Waals surface area contributed by atoms with Gasteiger partial charge < -0.3 is 9.13 Å². The highest BCUT2D eigenvalue weighted by Gasteiger charge is 2.32. The average Bonchev–Trinajstić information content (AvgIpc) is 3.37. The highest BCUT2D eigenvalue weighted by Crippen LogP contribution is 2.45. The molecule has 4 heteroatoms. The zero-order valence-corrected chi connectivity index (χ0v) is 37.1. The summed E-state index contributed by atoms with van der Waals surface area (Å²) in [6, 6.07) is 71.7. The monoisotopic (exact) mass is 852 g/mol. The van der Waals surface area contributed by atoms with Crippen LogP contribution in [0.4, 0.5) is 0 Å². The van der Waals surface area contributed by atoms with Gasteiger partial charge >= 0.3 is 0 Å². The van der Waals surface area contributed by atoms with E-state index in [9.17, 15) is 0 Å². The molecule has 63 heavy (non-hydrogen) atoms. The van der Waals surface area contributed by atoms with E-state index in [2.05, 4.69) is 91.0 Å². The fraction of sp³-hybridized carbons (Fsp3) is 0.119. The second-order valence-electron chi connectivity index (χ2n) is 17.1. The lowest BCUT2D eigenvalue weighted by Gasteiger charge is -2.36. The lowest BCUT2D eigenvalue weighted by molar-refractivity contribution is 0.263. The Kier molecular flexibility index (Phi) is 11.5. The van der Waals surface area contributed by atoms with Crippen molar-refractivity contribution in [1.82, 2.24) is 0 Å². The zero-order chi connectivity index (χ0) is 42.6. The predicted octanol–water partition coefficient (Wildman–Crippen LogP) is 12.7. The molecule has 2 bridgehead atoms. The van der Waals surface area contributed by atoms with E-state index in [0.717, 1.165) is 77.5 Å². The molecule has 0 aliphatic heterocycles. The Labute approximate surface area is 372 Å². The van der Waals surface area contributed by atoms with Gasteiger partial charge in [0.05, 0.1) is 0 Å². The molecule has 308 valence electrons. The van der Waals surface area contributed by atoms with Crippen molar-refractivity contribution in [3.63, 3.8) is 0 Å². The van der Waals surface area contributed by atoms with E-state index in [4.69, 9.17) is 0 Å². The Morgan fingerprint density at radius 1 is 0.397 bits per heavy atom. The zero-order valence-electron chi connectivity index (χ0n) is 35.3. The van der Waals surface area contributed by atoms with Crippen molar-refractivity contribution in [2.45, 2.75) is 25.7 Å². The molecule has 3 aliphatic carbocycles. The fourth-order valence-corrected chi connectivity index (χ4v) is 15.0. The molecular weight excluding hydrogens is 803 g/mol. The van der Waals surface area contributed by atoms with E-state index in [1.807, 2.05) is 146 Å². The van der Waals surface area contributed by atoms with Crippen LogP contribution in [0.5, 0.6) is 0 Å². The van der Waals surface area contributed by atoms with Crippen molar-refractivity contribution >= 4 is 46.1 Å². The van der Waals surface area contributed by atoms with E-state index in [0.29, 0.717) is 11.8 Å². The molecule has 0 N–H and O–H groups in total. The third-order valence-corrected chi connectivity index (χ3v) is 19.3. The van der Waals surface area contributed by atoms with Crippen molar-refractivity contribution in [3.05, 3.63) is 242 Å². The molecule has 0 aromatic heterocycles. The molecule has 3 atom stereocenters. The van der Waals surface area contributed by atoms with Gasteiger partial charge in [-0.1, -0.05) is 218 Å². The summed E-state index contributed by atoms with van der Waals surface area (Å²) in [6.45, 7) is 0. The van der Waals surface area contributed by atoms with Crippen LogP contribution in [0.1, 0.15) is 24.8 Å². The van der Waals surface area contributed by atoms with Crippen LogP contribution in [0.2, 0.25) is 0 Å². The van der Waals surface area contributed by atoms with Gasteiger partial charge in [-0.25, -0.2) is 0 Å². The van der Waals surface area contributed by atoms with Crippen LogP contribution in [0.3, 0.4) is 0 Å². The van der Waals surface area contributed by atoms with Crippen LogP contribution in [-0.4, -0.2) is 0 Å². The molecule has 11 rings (SSSR count). The Morgan fingerprint density at radius 3 is 1.10 bits per heavy atom. The highest BCUT2D eigenvalue weighted by molar-refractivity contribution is 7.85. The molecule has 8 aromatic rings. The van der Waals surface area contributed by atoms with Gasteiger partial charge in [0.15, 0.2) is 14.3 Å². The van der Waals surface area contributed by atoms with Crippen LogP contribution in [0.25, 0.3) is 33.4 Å². The Balaban J connectivity index is 1.01. The number of rotatable bonds is 12. The minimum absolute atomic E-state index is 0.671. The molecule has 1 saturated carbocycles. The van der Waals surface area contributed by atoms with E-state index >= 15 is 9.13 Å². The van der Waals surface area contributed by atoms with Crippen LogP contribution < -0.4 is 31.8 Å². The summed E-state index contributed by atoms with van der Waals surface area (Å²) < 4.78 is 30.4. The maximum Gasteiger partial charge on any atom is 0.171 e. The predicted molar refractivity (Wildman–Crippen MR) is 268 cm³/mol. The Bertz CT molecular complexity index is 2730. The maximum absolute atomic E-state index is 15.2. The average molecular weight is 853 g/mol. The minimum Gasteiger partial charge on any atom is -0.309 e. The molecule has 0 amide bonds. The molecule has 8 aromatic carbocycles. The Hall–Kier alpha value is -6.30. The second-order valence-corrected chi connectivity index (χ2v) is 22.6. The molecule has 0 saturated heterocycles. The first-order valence-corrected chi connectivity index (χ1v) is 25.6. The van der Waals surface area contributed by atoms with Gasteiger partial charge in [0.1, 0.15) is 0 Å². The molecule has 0 radical (unpaired) electrons. The SMILES string of the molecule is O=P(c1ccccc1)(c1ccccc1)c1ccc(-c2cc(-c3ccc(C/C=C\C4CC5C=CC4CC5)cc3)cc(-c3ccc(P(=O)(c4ccccc4)c4ccccc4)cc3)c2)cc1. The number of hydrogen-bond donors (Lipinski definition) is 0. The van der Waals surface area contributed by atoms with Crippen molar-refractivity contribution in [2.24, 2.45) is 17.8 Å². The van der Waals surface area contributed by atoms with Gasteiger partial charge in [-0.3, -0.25) is 0 Å². The molecular formula is C59H50O2P2.